The highest BCUT2D eigenvalue weighted by Gasteiger charge is 2.59. The van der Waals surface area contributed by atoms with Crippen molar-refractivity contribution < 1.29 is 19.1 Å². The lowest BCUT2D eigenvalue weighted by molar-refractivity contribution is -0.149. The third-order valence-electron chi connectivity index (χ3n) is 7.71. The molecule has 176 valence electrons. The van der Waals surface area contributed by atoms with Crippen molar-refractivity contribution >= 4 is 11.9 Å². The number of fused-ring (bicyclic) bond motifs is 1. The predicted octanol–water partition coefficient (Wildman–Crippen LogP) is 3.90. The smallest absolute Gasteiger partial charge is 0.308 e. The van der Waals surface area contributed by atoms with Gasteiger partial charge in [0.25, 0.3) is 5.91 Å². The Morgan fingerprint density at radius 2 is 1.85 bits per heavy atom. The van der Waals surface area contributed by atoms with Crippen LogP contribution < -0.4 is 4.74 Å². The molecule has 1 saturated carbocycles. The molecule has 0 spiro atoms. The monoisotopic (exact) mass is 450 g/mol. The van der Waals surface area contributed by atoms with Crippen molar-refractivity contribution in [2.45, 2.75) is 49.7 Å². The lowest BCUT2D eigenvalue weighted by Crippen LogP contribution is -2.67. The zero-order valence-corrected chi connectivity index (χ0v) is 20.0. The molecule has 3 atom stereocenters. The number of hydrogen-bond donors (Lipinski definition) is 0. The lowest BCUT2D eigenvalue weighted by Gasteiger charge is -2.60. The predicted molar refractivity (Wildman–Crippen MR) is 127 cm³/mol. The molecule has 0 N–H and O–H groups in total. The van der Waals surface area contributed by atoms with Crippen LogP contribution in [0.1, 0.15) is 48.5 Å². The molecule has 1 aliphatic heterocycles. The van der Waals surface area contributed by atoms with Crippen molar-refractivity contribution in [1.82, 2.24) is 9.80 Å². The average molecular weight is 451 g/mol. The van der Waals surface area contributed by atoms with Crippen LogP contribution in [0.15, 0.2) is 54.6 Å². The van der Waals surface area contributed by atoms with Gasteiger partial charge < -0.3 is 19.3 Å². The molecule has 1 heterocycles. The first kappa shape index (κ1) is 23.5. The molecule has 0 bridgehead atoms. The first-order valence-corrected chi connectivity index (χ1v) is 11.7. The van der Waals surface area contributed by atoms with Crippen molar-refractivity contribution in [3.05, 3.63) is 65.7 Å². The summed E-state index contributed by atoms with van der Waals surface area (Å²) in [6, 6.07) is 17.4. The number of carbonyl (C=O) groups excluding carboxylic acids is 2. The molecule has 1 saturated heterocycles. The summed E-state index contributed by atoms with van der Waals surface area (Å²) in [5.74, 6) is 0.261. The van der Waals surface area contributed by atoms with Gasteiger partial charge in [0.2, 0.25) is 0 Å². The van der Waals surface area contributed by atoms with Crippen LogP contribution in [0.4, 0.5) is 0 Å². The number of nitrogens with zero attached hydrogens (tertiary/aromatic N) is 2. The zero-order valence-electron chi connectivity index (χ0n) is 20.0. The van der Waals surface area contributed by atoms with Crippen LogP contribution in [0.25, 0.3) is 0 Å². The second kappa shape index (κ2) is 9.27. The molecule has 0 aromatic heterocycles. The Hall–Kier alpha value is -2.70. The summed E-state index contributed by atoms with van der Waals surface area (Å²) in [7, 11) is 5.86. The van der Waals surface area contributed by atoms with E-state index < -0.39 is 0 Å². The third-order valence-corrected chi connectivity index (χ3v) is 7.71. The quantitative estimate of drug-likeness (QED) is 0.511. The summed E-state index contributed by atoms with van der Waals surface area (Å²) >= 11 is 0. The summed E-state index contributed by atoms with van der Waals surface area (Å²) < 4.78 is 11.8. The molecule has 6 heteroatoms. The number of carbonyl (C=O) groups is 2. The molecular weight excluding hydrogens is 416 g/mol. The number of hydrogen-bond acceptors (Lipinski definition) is 5. The number of amides is 1. The zero-order chi connectivity index (χ0) is 23.6. The Labute approximate surface area is 196 Å². The Morgan fingerprint density at radius 3 is 2.55 bits per heavy atom. The summed E-state index contributed by atoms with van der Waals surface area (Å²) in [6.45, 7) is 3.18. The SMILES string of the molecule is CO[C@]12CC[C@@H](N(C)C(=O)c3ccccc3)C[C@]1(c1cccc(OC(C)=O)c1)CCN(C)C2. The van der Waals surface area contributed by atoms with Gasteiger partial charge in [-0.2, -0.15) is 0 Å². The number of esters is 1. The molecule has 0 radical (unpaired) electrons. The minimum absolute atomic E-state index is 0.0438. The van der Waals surface area contributed by atoms with Crippen LogP contribution >= 0.6 is 0 Å². The number of methoxy groups -OCH3 is 1. The largest absolute Gasteiger partial charge is 0.427 e. The van der Waals surface area contributed by atoms with E-state index in [0.29, 0.717) is 11.3 Å². The van der Waals surface area contributed by atoms with Crippen LogP contribution in [0.2, 0.25) is 0 Å². The first-order valence-electron chi connectivity index (χ1n) is 11.7. The van der Waals surface area contributed by atoms with E-state index in [1.165, 1.54) is 6.92 Å². The van der Waals surface area contributed by atoms with Crippen molar-refractivity contribution in [2.75, 3.05) is 34.3 Å². The molecule has 33 heavy (non-hydrogen) atoms. The normalized spacial score (nSPS) is 27.5. The first-order chi connectivity index (χ1) is 15.8. The van der Waals surface area contributed by atoms with Crippen LogP contribution in [0.3, 0.4) is 0 Å². The number of likely N-dealkylation sites (N-methyl/N-ethyl adjacent to an activating group) is 1. The van der Waals surface area contributed by atoms with Gasteiger partial charge in [-0.25, -0.2) is 0 Å². The van der Waals surface area contributed by atoms with Crippen LogP contribution in [0.5, 0.6) is 5.75 Å². The van der Waals surface area contributed by atoms with Crippen molar-refractivity contribution in [2.24, 2.45) is 0 Å². The van der Waals surface area contributed by atoms with E-state index in [2.05, 4.69) is 18.0 Å². The van der Waals surface area contributed by atoms with E-state index in [-0.39, 0.29) is 28.9 Å². The van der Waals surface area contributed by atoms with E-state index in [0.717, 1.165) is 44.3 Å². The highest BCUT2D eigenvalue weighted by molar-refractivity contribution is 5.94. The average Bonchev–Trinajstić information content (AvgIpc) is 2.83. The van der Waals surface area contributed by atoms with Crippen molar-refractivity contribution in [1.29, 1.82) is 0 Å². The van der Waals surface area contributed by atoms with Crippen LogP contribution in [0, 0.1) is 0 Å². The molecule has 4 rings (SSSR count). The highest BCUT2D eigenvalue weighted by Crippen LogP contribution is 2.54. The number of benzene rings is 2. The minimum atomic E-state index is -0.373. The van der Waals surface area contributed by atoms with Gasteiger partial charge in [-0.05, 0) is 69.1 Å². The van der Waals surface area contributed by atoms with Gasteiger partial charge in [0.05, 0.1) is 5.60 Å². The maximum Gasteiger partial charge on any atom is 0.308 e. The van der Waals surface area contributed by atoms with Gasteiger partial charge in [-0.3, -0.25) is 9.59 Å². The summed E-state index contributed by atoms with van der Waals surface area (Å²) in [5, 5.41) is 0. The molecule has 1 aliphatic carbocycles. The molecule has 1 amide bonds. The molecule has 2 aromatic carbocycles. The Balaban J connectivity index is 1.73. The molecular formula is C27H34N2O4. The second-order valence-electron chi connectivity index (χ2n) is 9.57. The van der Waals surface area contributed by atoms with E-state index in [1.807, 2.05) is 67.6 Å². The molecule has 6 nitrogen and oxygen atoms in total. The van der Waals surface area contributed by atoms with Gasteiger partial charge in [0.1, 0.15) is 5.75 Å². The maximum absolute atomic E-state index is 13.3. The van der Waals surface area contributed by atoms with Crippen LogP contribution in [-0.4, -0.2) is 67.6 Å². The maximum atomic E-state index is 13.3. The van der Waals surface area contributed by atoms with E-state index in [9.17, 15) is 9.59 Å². The molecule has 2 aromatic rings. The molecule has 2 fully saturated rings. The molecule has 0 unspecified atom stereocenters. The summed E-state index contributed by atoms with van der Waals surface area (Å²) in [4.78, 5) is 29.1. The Morgan fingerprint density at radius 1 is 1.09 bits per heavy atom. The number of likely N-dealkylation sites (tertiary alicyclic amines) is 1. The fraction of sp³-hybridized carbons (Fsp3) is 0.481. The van der Waals surface area contributed by atoms with Gasteiger partial charge in [0.15, 0.2) is 0 Å². The number of rotatable bonds is 5. The Kier molecular flexibility index (Phi) is 6.59. The second-order valence-corrected chi connectivity index (χ2v) is 9.57. The topological polar surface area (TPSA) is 59.1 Å². The third kappa shape index (κ3) is 4.30. The van der Waals surface area contributed by atoms with Crippen LogP contribution in [-0.2, 0) is 14.9 Å². The van der Waals surface area contributed by atoms with E-state index in [4.69, 9.17) is 9.47 Å². The number of piperidine rings is 1. The fourth-order valence-electron chi connectivity index (χ4n) is 5.98. The Bertz CT molecular complexity index is 1010. The summed E-state index contributed by atoms with van der Waals surface area (Å²) in [5.41, 5.74) is 1.15. The van der Waals surface area contributed by atoms with Gasteiger partial charge in [-0.1, -0.05) is 30.3 Å². The minimum Gasteiger partial charge on any atom is -0.427 e. The van der Waals surface area contributed by atoms with E-state index in [1.54, 1.807) is 0 Å². The van der Waals surface area contributed by atoms with Crippen molar-refractivity contribution in [3.63, 3.8) is 0 Å². The number of ether oxygens (including phenoxy) is 2. The highest BCUT2D eigenvalue weighted by atomic mass is 16.5. The standard InChI is InChI=1S/C27H34N2O4/c1-20(30)33-24-12-8-11-22(17-24)26-15-16-28(2)19-27(26,32-4)14-13-23(18-26)29(3)25(31)21-9-6-5-7-10-21/h5-12,17,23H,13-16,18-19H2,1-4H3/t23-,26+,27+/m1/s1. The summed E-state index contributed by atoms with van der Waals surface area (Å²) in [6.07, 6.45) is 3.43. The fourth-order valence-corrected chi connectivity index (χ4v) is 5.98. The lowest BCUT2D eigenvalue weighted by atomic mass is 9.55. The van der Waals surface area contributed by atoms with Gasteiger partial charge >= 0.3 is 5.97 Å². The van der Waals surface area contributed by atoms with Crippen molar-refractivity contribution in [3.8, 4) is 5.75 Å². The molecule has 2 aliphatic rings. The van der Waals surface area contributed by atoms with E-state index >= 15 is 0 Å². The van der Waals surface area contributed by atoms with Gasteiger partial charge in [0, 0.05) is 44.6 Å². The van der Waals surface area contributed by atoms with Gasteiger partial charge in [-0.15, -0.1) is 0 Å².